The van der Waals surface area contributed by atoms with Crippen molar-refractivity contribution in [2.75, 3.05) is 6.61 Å². The largest absolute Gasteiger partial charge is 0.493 e. The molecule has 0 aliphatic rings. The molecule has 1 atom stereocenters. The van der Waals surface area contributed by atoms with Gasteiger partial charge in [0.15, 0.2) is 0 Å². The second kappa shape index (κ2) is 5.59. The van der Waals surface area contributed by atoms with Gasteiger partial charge in [-0.2, -0.15) is 0 Å². The van der Waals surface area contributed by atoms with Gasteiger partial charge in [0, 0.05) is 10.6 Å². The first-order valence-electron chi connectivity index (χ1n) is 4.32. The number of benzene rings is 1. The fourth-order valence-corrected chi connectivity index (χ4v) is 1.82. The lowest BCUT2D eigenvalue weighted by atomic mass is 10.1. The number of hydrogen-bond donors (Lipinski definition) is 0. The third kappa shape index (κ3) is 3.00. The summed E-state index contributed by atoms with van der Waals surface area (Å²) in [6.45, 7) is 2.30. The molecular weight excluding hydrogens is 258 g/mol. The Balaban J connectivity index is 3.17. The van der Waals surface area contributed by atoms with Gasteiger partial charge in [-0.05, 0) is 30.7 Å². The van der Waals surface area contributed by atoms with Crippen LogP contribution >= 0.6 is 34.8 Å². The molecule has 0 radical (unpaired) electrons. The molecule has 5 heteroatoms. The maximum Gasteiger partial charge on any atom is 0.244 e. The van der Waals surface area contributed by atoms with E-state index >= 15 is 0 Å². The lowest BCUT2D eigenvalue weighted by Crippen LogP contribution is -2.04. The normalized spacial score (nSPS) is 12.3. The molecule has 0 aromatic heterocycles. The molecule has 0 N–H and O–H groups in total. The Kier molecular flexibility index (Phi) is 4.71. The highest BCUT2D eigenvalue weighted by atomic mass is 35.5. The lowest BCUT2D eigenvalue weighted by molar-refractivity contribution is -0.111. The zero-order valence-electron chi connectivity index (χ0n) is 7.97. The van der Waals surface area contributed by atoms with Crippen molar-refractivity contribution in [1.82, 2.24) is 0 Å². The van der Waals surface area contributed by atoms with E-state index in [1.54, 1.807) is 18.2 Å². The lowest BCUT2D eigenvalue weighted by Gasteiger charge is -2.13. The first-order chi connectivity index (χ1) is 7.07. The topological polar surface area (TPSA) is 26.3 Å². The van der Waals surface area contributed by atoms with Crippen molar-refractivity contribution in [3.63, 3.8) is 0 Å². The molecule has 0 spiro atoms. The molecule has 1 rings (SSSR count). The summed E-state index contributed by atoms with van der Waals surface area (Å²) in [4.78, 5) is 11.0. The minimum atomic E-state index is -0.984. The van der Waals surface area contributed by atoms with Gasteiger partial charge in [0.1, 0.15) is 11.1 Å². The molecule has 0 saturated carbocycles. The van der Waals surface area contributed by atoms with E-state index in [2.05, 4.69) is 0 Å². The van der Waals surface area contributed by atoms with Crippen molar-refractivity contribution in [1.29, 1.82) is 0 Å². The highest BCUT2D eigenvalue weighted by molar-refractivity contribution is 6.69. The summed E-state index contributed by atoms with van der Waals surface area (Å²) in [5, 5.41) is -1.29. The average molecular weight is 268 g/mol. The fraction of sp³-hybridized carbons (Fsp3) is 0.300. The van der Waals surface area contributed by atoms with Crippen LogP contribution in [0.1, 0.15) is 17.9 Å². The summed E-state index contributed by atoms with van der Waals surface area (Å²) in [5.41, 5.74) is 0.419. The third-order valence-corrected chi connectivity index (χ3v) is 2.84. The Bertz CT molecular complexity index is 366. The van der Waals surface area contributed by atoms with Crippen LogP contribution in [0.4, 0.5) is 0 Å². The summed E-state index contributed by atoms with van der Waals surface area (Å²) < 4.78 is 5.31. The van der Waals surface area contributed by atoms with Crippen LogP contribution in [0, 0.1) is 0 Å². The number of rotatable bonds is 4. The maximum atomic E-state index is 11.0. The van der Waals surface area contributed by atoms with Crippen LogP contribution in [0.3, 0.4) is 0 Å². The molecule has 0 fully saturated rings. The van der Waals surface area contributed by atoms with Crippen molar-refractivity contribution >= 4 is 40.0 Å². The van der Waals surface area contributed by atoms with Gasteiger partial charge in [-0.1, -0.05) is 17.7 Å². The number of carbonyl (C=O) groups is 1. The monoisotopic (exact) mass is 266 g/mol. The Hall–Kier alpha value is -0.440. The van der Waals surface area contributed by atoms with Crippen LogP contribution in [0.25, 0.3) is 0 Å². The van der Waals surface area contributed by atoms with E-state index in [1.807, 2.05) is 6.92 Å². The fourth-order valence-electron chi connectivity index (χ4n) is 1.16. The summed E-state index contributed by atoms with van der Waals surface area (Å²) in [6.07, 6.45) is 0. The summed E-state index contributed by atoms with van der Waals surface area (Å²) in [6, 6.07) is 5.05. The van der Waals surface area contributed by atoms with E-state index < -0.39 is 10.6 Å². The number of halogens is 3. The molecule has 0 aliphatic carbocycles. The van der Waals surface area contributed by atoms with Crippen LogP contribution in [0.5, 0.6) is 5.75 Å². The molecule has 15 heavy (non-hydrogen) atoms. The third-order valence-electron chi connectivity index (χ3n) is 1.77. The van der Waals surface area contributed by atoms with Crippen molar-refractivity contribution < 1.29 is 9.53 Å². The molecule has 0 aliphatic heterocycles. The Morgan fingerprint density at radius 2 is 2.20 bits per heavy atom. The minimum absolute atomic E-state index is 0.370. The van der Waals surface area contributed by atoms with Crippen LogP contribution in [0.2, 0.25) is 5.02 Å². The van der Waals surface area contributed by atoms with Gasteiger partial charge >= 0.3 is 0 Å². The second-order valence-electron chi connectivity index (χ2n) is 2.75. The van der Waals surface area contributed by atoms with Gasteiger partial charge in [-0.3, -0.25) is 4.79 Å². The first-order valence-corrected chi connectivity index (χ1v) is 5.51. The predicted molar refractivity (Wildman–Crippen MR) is 62.1 cm³/mol. The van der Waals surface area contributed by atoms with E-state index in [4.69, 9.17) is 39.5 Å². The molecule has 2 nitrogen and oxygen atoms in total. The van der Waals surface area contributed by atoms with Gasteiger partial charge < -0.3 is 4.74 Å². The molecule has 1 unspecified atom stereocenters. The SMILES string of the molecule is CCOc1cccc(Cl)c1C(Cl)C(=O)Cl. The maximum absolute atomic E-state index is 11.0. The number of hydrogen-bond acceptors (Lipinski definition) is 2. The van der Waals surface area contributed by atoms with Gasteiger partial charge in [-0.25, -0.2) is 0 Å². The van der Waals surface area contributed by atoms with E-state index in [0.717, 1.165) is 0 Å². The van der Waals surface area contributed by atoms with Crippen molar-refractivity contribution in [2.24, 2.45) is 0 Å². The molecule has 0 heterocycles. The molecule has 0 bridgehead atoms. The minimum Gasteiger partial charge on any atom is -0.493 e. The molecule has 1 aromatic carbocycles. The Morgan fingerprint density at radius 3 is 2.73 bits per heavy atom. The van der Waals surface area contributed by atoms with E-state index in [-0.39, 0.29) is 0 Å². The van der Waals surface area contributed by atoms with E-state index in [1.165, 1.54) is 0 Å². The highest BCUT2D eigenvalue weighted by Gasteiger charge is 2.22. The first kappa shape index (κ1) is 12.6. The summed E-state index contributed by atoms with van der Waals surface area (Å²) in [7, 11) is 0. The number of carbonyl (C=O) groups excluding carboxylic acids is 1. The Morgan fingerprint density at radius 1 is 1.53 bits per heavy atom. The molecule has 0 amide bonds. The van der Waals surface area contributed by atoms with E-state index in [9.17, 15) is 4.79 Å². The van der Waals surface area contributed by atoms with Crippen molar-refractivity contribution in [3.05, 3.63) is 28.8 Å². The smallest absolute Gasteiger partial charge is 0.244 e. The van der Waals surface area contributed by atoms with Crippen LogP contribution in [0.15, 0.2) is 18.2 Å². The van der Waals surface area contributed by atoms with Crippen molar-refractivity contribution in [3.8, 4) is 5.75 Å². The van der Waals surface area contributed by atoms with Crippen molar-refractivity contribution in [2.45, 2.75) is 12.3 Å². The Labute approximate surface area is 103 Å². The van der Waals surface area contributed by atoms with E-state index in [0.29, 0.717) is 22.9 Å². The molecule has 1 aromatic rings. The van der Waals surface area contributed by atoms with Crippen LogP contribution < -0.4 is 4.74 Å². The number of ether oxygens (including phenoxy) is 1. The van der Waals surface area contributed by atoms with Gasteiger partial charge in [0.05, 0.1) is 6.61 Å². The zero-order chi connectivity index (χ0) is 11.4. The zero-order valence-corrected chi connectivity index (χ0v) is 10.2. The van der Waals surface area contributed by atoms with Crippen LogP contribution in [-0.2, 0) is 4.79 Å². The molecule has 82 valence electrons. The predicted octanol–water partition coefficient (Wildman–Crippen LogP) is 3.78. The number of alkyl halides is 1. The summed E-state index contributed by atoms with van der Waals surface area (Å²) in [5.74, 6) is 0.485. The average Bonchev–Trinajstić information content (AvgIpc) is 2.17. The molecule has 0 saturated heterocycles. The quantitative estimate of drug-likeness (QED) is 0.613. The second-order valence-corrected chi connectivity index (χ2v) is 3.97. The highest BCUT2D eigenvalue weighted by Crippen LogP contribution is 2.36. The van der Waals surface area contributed by atoms with Gasteiger partial charge in [0.25, 0.3) is 0 Å². The van der Waals surface area contributed by atoms with Crippen LogP contribution in [-0.4, -0.2) is 11.8 Å². The van der Waals surface area contributed by atoms with Gasteiger partial charge in [0.2, 0.25) is 5.24 Å². The van der Waals surface area contributed by atoms with Gasteiger partial charge in [-0.15, -0.1) is 11.6 Å². The molecular formula is C10H9Cl3O2. The standard InChI is InChI=1S/C10H9Cl3O2/c1-2-15-7-5-3-4-6(11)8(7)9(12)10(13)14/h3-5,9H,2H2,1H3. The summed E-state index contributed by atoms with van der Waals surface area (Å²) >= 11 is 17.1.